The van der Waals surface area contributed by atoms with Gasteiger partial charge >= 0.3 is 6.18 Å². The minimum atomic E-state index is -4.49. The molecule has 0 bridgehead atoms. The van der Waals surface area contributed by atoms with Gasteiger partial charge in [-0.3, -0.25) is 14.5 Å². The van der Waals surface area contributed by atoms with Crippen molar-refractivity contribution < 1.29 is 31.9 Å². The van der Waals surface area contributed by atoms with Crippen molar-refractivity contribution in [3.63, 3.8) is 0 Å². The summed E-state index contributed by atoms with van der Waals surface area (Å²) in [4.78, 5) is 27.0. The number of rotatable bonds is 8. The molecule has 1 aromatic rings. The molecule has 3 N–H and O–H groups in total. The summed E-state index contributed by atoms with van der Waals surface area (Å²) in [5, 5.41) is 2.35. The maximum Gasteiger partial charge on any atom is 0.401 e. The second kappa shape index (κ2) is 9.92. The van der Waals surface area contributed by atoms with Crippen LogP contribution in [0.4, 0.5) is 28.9 Å². The van der Waals surface area contributed by atoms with Crippen molar-refractivity contribution in [1.82, 2.24) is 4.90 Å². The minimum Gasteiger partial charge on any atom is -0.370 e. The average molecular weight is 446 g/mol. The summed E-state index contributed by atoms with van der Waals surface area (Å²) in [5.41, 5.74) is 5.75. The van der Waals surface area contributed by atoms with E-state index in [9.17, 15) is 27.2 Å². The summed E-state index contributed by atoms with van der Waals surface area (Å²) < 4.78 is 58.8. The van der Waals surface area contributed by atoms with E-state index in [0.717, 1.165) is 30.2 Å². The summed E-state index contributed by atoms with van der Waals surface area (Å²) in [6.07, 6.45) is -1.92. The average Bonchev–Trinajstić information content (AvgIpc) is 2.66. The van der Waals surface area contributed by atoms with E-state index < -0.39 is 30.5 Å². The number of alkyl halides is 3. The van der Waals surface area contributed by atoms with Crippen molar-refractivity contribution in [2.45, 2.75) is 31.5 Å². The number of ether oxygens (including phenoxy) is 1. The van der Waals surface area contributed by atoms with Gasteiger partial charge in [-0.25, -0.2) is 4.39 Å². The second-order valence-electron chi connectivity index (χ2n) is 7.84. The Morgan fingerprint density at radius 1 is 1.35 bits per heavy atom. The van der Waals surface area contributed by atoms with Gasteiger partial charge in [0.25, 0.3) is 5.91 Å². The van der Waals surface area contributed by atoms with Crippen molar-refractivity contribution in [3.05, 3.63) is 24.0 Å². The third kappa shape index (κ3) is 6.14. The Morgan fingerprint density at radius 3 is 2.65 bits per heavy atom. The third-order valence-corrected chi connectivity index (χ3v) is 5.57. The highest BCUT2D eigenvalue weighted by Gasteiger charge is 2.38. The molecule has 2 fully saturated rings. The van der Waals surface area contributed by atoms with E-state index in [1.165, 1.54) is 17.0 Å². The molecule has 1 aromatic carbocycles. The number of amides is 2. The molecule has 1 atom stereocenters. The van der Waals surface area contributed by atoms with Crippen LogP contribution in [0.15, 0.2) is 18.2 Å². The molecule has 1 saturated carbocycles. The van der Waals surface area contributed by atoms with Crippen molar-refractivity contribution in [2.24, 2.45) is 11.7 Å². The number of hydrogen-bond donors (Lipinski definition) is 2. The van der Waals surface area contributed by atoms with Gasteiger partial charge in [0.15, 0.2) is 0 Å². The molecule has 1 heterocycles. The predicted octanol–water partition coefficient (Wildman–Crippen LogP) is 2.12. The van der Waals surface area contributed by atoms with Crippen LogP contribution < -0.4 is 16.0 Å². The van der Waals surface area contributed by atoms with Crippen LogP contribution in [-0.2, 0) is 14.3 Å². The van der Waals surface area contributed by atoms with Gasteiger partial charge in [0.1, 0.15) is 18.5 Å². The van der Waals surface area contributed by atoms with Crippen LogP contribution in [0.2, 0.25) is 0 Å². The standard InChI is InChI=1S/C20H26F4N4O3/c21-15-8-14(28-6-7-31-11-18(28)29)4-5-16(15)26-19(30)17(9-25)27(12-20(22,23)24)10-13-2-1-3-13/h4-5,8,13,17H,1-3,6-7,9-12,25H2,(H,26,30)/t17-/m1/s1. The number of nitrogens with zero attached hydrogens (tertiary/aromatic N) is 2. The van der Waals surface area contributed by atoms with Gasteiger partial charge in [-0.1, -0.05) is 6.42 Å². The number of hydrogen-bond acceptors (Lipinski definition) is 5. The Morgan fingerprint density at radius 2 is 2.10 bits per heavy atom. The van der Waals surface area contributed by atoms with E-state index in [1.807, 2.05) is 0 Å². The summed E-state index contributed by atoms with van der Waals surface area (Å²) in [5.74, 6) is -1.84. The molecule has 1 saturated heterocycles. The zero-order valence-corrected chi connectivity index (χ0v) is 17.0. The van der Waals surface area contributed by atoms with Crippen LogP contribution >= 0.6 is 0 Å². The smallest absolute Gasteiger partial charge is 0.370 e. The Balaban J connectivity index is 1.71. The quantitative estimate of drug-likeness (QED) is 0.598. The molecule has 0 unspecified atom stereocenters. The fourth-order valence-corrected chi connectivity index (χ4v) is 3.74. The molecule has 172 valence electrons. The highest BCUT2D eigenvalue weighted by atomic mass is 19.4. The lowest BCUT2D eigenvalue weighted by Crippen LogP contribution is -2.53. The van der Waals surface area contributed by atoms with Crippen molar-refractivity contribution in [2.75, 3.05) is 49.6 Å². The van der Waals surface area contributed by atoms with Crippen LogP contribution in [0.5, 0.6) is 0 Å². The molecule has 2 aliphatic rings. The van der Waals surface area contributed by atoms with E-state index in [-0.39, 0.29) is 43.8 Å². The normalized spacial score (nSPS) is 18.8. The van der Waals surface area contributed by atoms with E-state index in [1.54, 1.807) is 0 Å². The first-order chi connectivity index (χ1) is 14.7. The molecule has 0 aromatic heterocycles. The first kappa shape index (κ1) is 23.4. The zero-order valence-electron chi connectivity index (χ0n) is 17.0. The summed E-state index contributed by atoms with van der Waals surface area (Å²) in [6, 6.07) is 2.58. The van der Waals surface area contributed by atoms with E-state index in [4.69, 9.17) is 10.5 Å². The summed E-state index contributed by atoms with van der Waals surface area (Å²) in [6.45, 7) is -1.01. The largest absolute Gasteiger partial charge is 0.401 e. The third-order valence-electron chi connectivity index (χ3n) is 5.57. The molecule has 11 heteroatoms. The lowest BCUT2D eigenvalue weighted by Gasteiger charge is -2.36. The van der Waals surface area contributed by atoms with Gasteiger partial charge in [-0.2, -0.15) is 13.2 Å². The first-order valence-electron chi connectivity index (χ1n) is 10.2. The monoisotopic (exact) mass is 446 g/mol. The molecule has 2 amide bonds. The van der Waals surface area contributed by atoms with Crippen LogP contribution in [0, 0.1) is 11.7 Å². The summed E-state index contributed by atoms with van der Waals surface area (Å²) in [7, 11) is 0. The number of carbonyl (C=O) groups is 2. The topological polar surface area (TPSA) is 87.9 Å². The van der Waals surface area contributed by atoms with Gasteiger partial charge in [0.2, 0.25) is 5.91 Å². The molecule has 31 heavy (non-hydrogen) atoms. The molecule has 1 aliphatic carbocycles. The van der Waals surface area contributed by atoms with Crippen molar-refractivity contribution in [3.8, 4) is 0 Å². The molecular formula is C20H26F4N4O3. The van der Waals surface area contributed by atoms with Crippen molar-refractivity contribution >= 4 is 23.2 Å². The molecule has 0 spiro atoms. The maximum absolute atomic E-state index is 14.6. The first-order valence-corrected chi connectivity index (χ1v) is 10.2. The van der Waals surface area contributed by atoms with Gasteiger partial charge in [-0.05, 0) is 37.0 Å². The second-order valence-corrected chi connectivity index (χ2v) is 7.84. The fourth-order valence-electron chi connectivity index (χ4n) is 3.74. The van der Waals surface area contributed by atoms with Gasteiger partial charge < -0.3 is 20.7 Å². The van der Waals surface area contributed by atoms with Crippen LogP contribution in [0.1, 0.15) is 19.3 Å². The molecular weight excluding hydrogens is 420 g/mol. The maximum atomic E-state index is 14.6. The molecule has 3 rings (SSSR count). The van der Waals surface area contributed by atoms with Gasteiger partial charge in [-0.15, -0.1) is 0 Å². The molecule has 0 radical (unpaired) electrons. The number of benzene rings is 1. The van der Waals surface area contributed by atoms with Crippen LogP contribution in [0.25, 0.3) is 0 Å². The number of halogens is 4. The summed E-state index contributed by atoms with van der Waals surface area (Å²) >= 11 is 0. The number of nitrogens with two attached hydrogens (primary N) is 1. The molecule has 1 aliphatic heterocycles. The SMILES string of the molecule is NC[C@H](C(=O)Nc1ccc(N2CCOCC2=O)cc1F)N(CC1CCC1)CC(F)(F)F. The van der Waals surface area contributed by atoms with Gasteiger partial charge in [0, 0.05) is 25.3 Å². The Kier molecular flexibility index (Phi) is 7.50. The predicted molar refractivity (Wildman–Crippen MR) is 106 cm³/mol. The lowest BCUT2D eigenvalue weighted by molar-refractivity contribution is -0.155. The van der Waals surface area contributed by atoms with E-state index >= 15 is 0 Å². The zero-order chi connectivity index (χ0) is 22.6. The van der Waals surface area contributed by atoms with Crippen molar-refractivity contribution in [1.29, 1.82) is 0 Å². The van der Waals surface area contributed by atoms with E-state index in [2.05, 4.69) is 5.32 Å². The van der Waals surface area contributed by atoms with Crippen LogP contribution in [0.3, 0.4) is 0 Å². The lowest BCUT2D eigenvalue weighted by atomic mass is 9.85. The number of anilines is 2. The Labute approximate surface area is 177 Å². The highest BCUT2D eigenvalue weighted by Crippen LogP contribution is 2.30. The number of carbonyl (C=O) groups excluding carboxylic acids is 2. The number of morpholine rings is 1. The van der Waals surface area contributed by atoms with E-state index in [0.29, 0.717) is 12.3 Å². The Hall–Kier alpha value is -2.24. The Bertz CT molecular complexity index is 801. The van der Waals surface area contributed by atoms with Crippen LogP contribution in [-0.4, -0.2) is 68.3 Å². The minimum absolute atomic E-state index is 0.0891. The highest BCUT2D eigenvalue weighted by molar-refractivity contribution is 5.97. The number of nitrogens with one attached hydrogen (secondary N) is 1. The van der Waals surface area contributed by atoms with Gasteiger partial charge in [0.05, 0.1) is 18.8 Å². The fraction of sp³-hybridized carbons (Fsp3) is 0.600. The molecule has 7 nitrogen and oxygen atoms in total.